The van der Waals surface area contributed by atoms with Gasteiger partial charge >= 0.3 is 0 Å². The number of amides is 2. The fourth-order valence-corrected chi connectivity index (χ4v) is 3.90. The van der Waals surface area contributed by atoms with Crippen LogP contribution in [0, 0.1) is 0 Å². The topological polar surface area (TPSA) is 81.7 Å². The molecule has 31 heavy (non-hydrogen) atoms. The fourth-order valence-electron chi connectivity index (χ4n) is 3.90. The summed E-state index contributed by atoms with van der Waals surface area (Å²) in [5, 5.41) is 15.7. The predicted octanol–water partition coefficient (Wildman–Crippen LogP) is 4.24. The van der Waals surface area contributed by atoms with Crippen molar-refractivity contribution < 1.29 is 14.7 Å². The molecular weight excluding hydrogens is 390 g/mol. The zero-order valence-electron chi connectivity index (χ0n) is 18.3. The third-order valence-corrected chi connectivity index (χ3v) is 5.70. The quantitative estimate of drug-likeness (QED) is 0.534. The molecular formula is C25H33N3O3. The number of phenols is 1. The Kier molecular flexibility index (Phi) is 8.33. The van der Waals surface area contributed by atoms with E-state index in [-0.39, 0.29) is 24.0 Å². The first kappa shape index (κ1) is 22.7. The van der Waals surface area contributed by atoms with Crippen molar-refractivity contribution in [3.63, 3.8) is 0 Å². The van der Waals surface area contributed by atoms with Crippen molar-refractivity contribution in [3.05, 3.63) is 54.1 Å². The Morgan fingerprint density at radius 2 is 1.87 bits per heavy atom. The summed E-state index contributed by atoms with van der Waals surface area (Å²) >= 11 is 0. The third kappa shape index (κ3) is 6.74. The molecule has 2 aromatic rings. The van der Waals surface area contributed by atoms with Gasteiger partial charge in [-0.05, 0) is 55.5 Å². The number of anilines is 2. The molecule has 166 valence electrons. The van der Waals surface area contributed by atoms with Crippen LogP contribution >= 0.6 is 0 Å². The lowest BCUT2D eigenvalue weighted by Crippen LogP contribution is -2.43. The maximum absolute atomic E-state index is 12.9. The third-order valence-electron chi connectivity index (χ3n) is 5.70. The van der Waals surface area contributed by atoms with Crippen LogP contribution in [-0.2, 0) is 16.0 Å². The molecule has 0 saturated carbocycles. The van der Waals surface area contributed by atoms with Gasteiger partial charge in [0.05, 0.1) is 0 Å². The highest BCUT2D eigenvalue weighted by Gasteiger charge is 2.21. The molecule has 1 fully saturated rings. The van der Waals surface area contributed by atoms with E-state index in [1.807, 2.05) is 24.3 Å². The molecule has 0 aromatic heterocycles. The number of nitrogens with zero attached hydrogens (tertiary/aromatic N) is 1. The van der Waals surface area contributed by atoms with Gasteiger partial charge in [0.1, 0.15) is 11.8 Å². The lowest BCUT2D eigenvalue weighted by Gasteiger charge is -2.21. The van der Waals surface area contributed by atoms with Gasteiger partial charge in [0.2, 0.25) is 11.8 Å². The van der Waals surface area contributed by atoms with E-state index in [0.29, 0.717) is 12.8 Å². The van der Waals surface area contributed by atoms with E-state index in [1.165, 1.54) is 12.8 Å². The van der Waals surface area contributed by atoms with E-state index in [9.17, 15) is 14.7 Å². The van der Waals surface area contributed by atoms with Gasteiger partial charge in [-0.1, -0.05) is 44.0 Å². The summed E-state index contributed by atoms with van der Waals surface area (Å²) in [6, 6.07) is 14.3. The molecule has 0 radical (unpaired) electrons. The van der Waals surface area contributed by atoms with Crippen LogP contribution in [0.15, 0.2) is 48.5 Å². The highest BCUT2D eigenvalue weighted by molar-refractivity contribution is 5.97. The number of carbonyl (C=O) groups excluding carboxylic acids is 2. The van der Waals surface area contributed by atoms with Crippen LogP contribution in [0.1, 0.15) is 51.0 Å². The lowest BCUT2D eigenvalue weighted by molar-refractivity contribution is -0.126. The van der Waals surface area contributed by atoms with Crippen molar-refractivity contribution in [2.75, 3.05) is 23.3 Å². The van der Waals surface area contributed by atoms with Crippen molar-refractivity contribution in [1.29, 1.82) is 0 Å². The summed E-state index contributed by atoms with van der Waals surface area (Å²) in [6.45, 7) is 4.15. The number of aromatic hydroxyl groups is 1. The number of unbranched alkanes of at least 4 members (excludes halogenated alkanes) is 1. The van der Waals surface area contributed by atoms with E-state index in [2.05, 4.69) is 28.5 Å². The van der Waals surface area contributed by atoms with Gasteiger partial charge in [-0.3, -0.25) is 9.59 Å². The molecule has 3 N–H and O–H groups in total. The fraction of sp³-hybridized carbons (Fsp3) is 0.440. The second-order valence-electron chi connectivity index (χ2n) is 8.12. The first-order valence-corrected chi connectivity index (χ1v) is 11.3. The molecule has 1 aliphatic heterocycles. The maximum atomic E-state index is 12.9. The van der Waals surface area contributed by atoms with E-state index in [0.717, 1.165) is 42.9 Å². The van der Waals surface area contributed by atoms with Gasteiger partial charge < -0.3 is 20.6 Å². The normalized spacial score (nSPS) is 14.3. The minimum atomic E-state index is -0.577. The molecule has 2 aromatic carbocycles. The van der Waals surface area contributed by atoms with Crippen molar-refractivity contribution >= 4 is 23.2 Å². The van der Waals surface area contributed by atoms with Crippen LogP contribution in [0.4, 0.5) is 11.4 Å². The minimum absolute atomic E-state index is 0.188. The van der Waals surface area contributed by atoms with E-state index >= 15 is 0 Å². The number of para-hydroxylation sites is 1. The van der Waals surface area contributed by atoms with Crippen LogP contribution in [0.5, 0.6) is 5.75 Å². The molecule has 6 heteroatoms. The summed E-state index contributed by atoms with van der Waals surface area (Å²) in [6.07, 6.45) is 5.44. The largest absolute Gasteiger partial charge is 0.508 e. The van der Waals surface area contributed by atoms with Gasteiger partial charge in [0, 0.05) is 30.9 Å². The first-order chi connectivity index (χ1) is 15.1. The molecule has 0 spiro atoms. The summed E-state index contributed by atoms with van der Waals surface area (Å²) < 4.78 is 0. The number of benzene rings is 2. The Balaban J connectivity index is 1.59. The van der Waals surface area contributed by atoms with Gasteiger partial charge in [-0.2, -0.15) is 0 Å². The van der Waals surface area contributed by atoms with E-state index < -0.39 is 6.04 Å². The lowest BCUT2D eigenvalue weighted by atomic mass is 10.1. The molecule has 1 unspecified atom stereocenters. The predicted molar refractivity (Wildman–Crippen MR) is 124 cm³/mol. The summed E-state index contributed by atoms with van der Waals surface area (Å²) in [7, 11) is 0. The van der Waals surface area contributed by atoms with E-state index in [1.54, 1.807) is 18.2 Å². The Labute approximate surface area is 184 Å². The average molecular weight is 424 g/mol. The minimum Gasteiger partial charge on any atom is -0.508 e. The SMILES string of the molecule is CCCCC(NC(=O)CCc1ccccc1O)C(=O)Nc1cccc(N2CCCC2)c1. The Bertz CT molecular complexity index is 878. The van der Waals surface area contributed by atoms with Crippen LogP contribution in [0.25, 0.3) is 0 Å². The van der Waals surface area contributed by atoms with Crippen LogP contribution in [0.3, 0.4) is 0 Å². The summed E-state index contributed by atoms with van der Waals surface area (Å²) in [4.78, 5) is 27.8. The van der Waals surface area contributed by atoms with E-state index in [4.69, 9.17) is 0 Å². The van der Waals surface area contributed by atoms with Gasteiger partial charge in [0.25, 0.3) is 0 Å². The molecule has 0 bridgehead atoms. The monoisotopic (exact) mass is 423 g/mol. The molecule has 1 atom stereocenters. The van der Waals surface area contributed by atoms with Gasteiger partial charge in [-0.15, -0.1) is 0 Å². The van der Waals surface area contributed by atoms with Crippen LogP contribution in [0.2, 0.25) is 0 Å². The highest BCUT2D eigenvalue weighted by atomic mass is 16.3. The second-order valence-corrected chi connectivity index (χ2v) is 8.12. The Morgan fingerprint density at radius 3 is 2.61 bits per heavy atom. The zero-order valence-corrected chi connectivity index (χ0v) is 18.3. The van der Waals surface area contributed by atoms with Gasteiger partial charge in [0.15, 0.2) is 0 Å². The number of phenolic OH excluding ortho intramolecular Hbond substituents is 1. The highest BCUT2D eigenvalue weighted by Crippen LogP contribution is 2.23. The molecule has 2 amide bonds. The molecule has 1 heterocycles. The second kappa shape index (κ2) is 11.4. The Morgan fingerprint density at radius 1 is 1.10 bits per heavy atom. The first-order valence-electron chi connectivity index (χ1n) is 11.3. The average Bonchev–Trinajstić information content (AvgIpc) is 3.31. The molecule has 0 aliphatic carbocycles. The number of hydrogen-bond donors (Lipinski definition) is 3. The number of carbonyl (C=O) groups is 2. The maximum Gasteiger partial charge on any atom is 0.246 e. The summed E-state index contributed by atoms with van der Waals surface area (Å²) in [5.41, 5.74) is 2.59. The molecule has 3 rings (SSSR count). The number of hydrogen-bond acceptors (Lipinski definition) is 4. The van der Waals surface area contributed by atoms with Gasteiger partial charge in [-0.25, -0.2) is 0 Å². The smallest absolute Gasteiger partial charge is 0.246 e. The van der Waals surface area contributed by atoms with Crippen molar-refractivity contribution in [1.82, 2.24) is 5.32 Å². The number of nitrogens with one attached hydrogen (secondary N) is 2. The Hall–Kier alpha value is -3.02. The summed E-state index contributed by atoms with van der Waals surface area (Å²) in [5.74, 6) is -0.193. The van der Waals surface area contributed by atoms with Crippen molar-refractivity contribution in [3.8, 4) is 5.75 Å². The standard InChI is InChI=1S/C25H33N3O3/c1-2-3-12-22(27-24(30)15-14-19-9-4-5-13-23(19)29)25(31)26-20-10-8-11-21(18-20)28-16-6-7-17-28/h4-5,8-11,13,18,22,29H,2-3,6-7,12,14-17H2,1H3,(H,26,31)(H,27,30). The zero-order chi connectivity index (χ0) is 22.1. The van der Waals surface area contributed by atoms with Crippen molar-refractivity contribution in [2.24, 2.45) is 0 Å². The van der Waals surface area contributed by atoms with Crippen LogP contribution in [-0.4, -0.2) is 36.1 Å². The molecule has 6 nitrogen and oxygen atoms in total. The molecule has 1 saturated heterocycles. The van der Waals surface area contributed by atoms with Crippen LogP contribution < -0.4 is 15.5 Å². The molecule has 1 aliphatic rings. The number of aryl methyl sites for hydroxylation is 1. The van der Waals surface area contributed by atoms with Crippen molar-refractivity contribution in [2.45, 2.75) is 57.9 Å². The number of rotatable bonds is 10.